The van der Waals surface area contributed by atoms with Gasteiger partial charge in [-0.15, -0.1) is 0 Å². The largest absolute Gasteiger partial charge is 0.480 e. The van der Waals surface area contributed by atoms with E-state index in [4.69, 9.17) is 10.2 Å². The van der Waals surface area contributed by atoms with E-state index in [2.05, 4.69) is 0 Å². The lowest BCUT2D eigenvalue weighted by Crippen LogP contribution is -2.65. The zero-order valence-corrected chi connectivity index (χ0v) is 12.6. The van der Waals surface area contributed by atoms with Crippen molar-refractivity contribution in [3.8, 4) is 0 Å². The van der Waals surface area contributed by atoms with E-state index in [1.807, 2.05) is 0 Å². The highest BCUT2D eigenvalue weighted by Crippen LogP contribution is 2.64. The topological polar surface area (TPSA) is 74.6 Å². The van der Waals surface area contributed by atoms with Crippen LogP contribution in [0.15, 0.2) is 48.6 Å². The smallest absolute Gasteiger partial charge is 0.408 e. The van der Waals surface area contributed by atoms with Gasteiger partial charge in [-0.3, -0.25) is 9.59 Å². The Bertz CT molecular complexity index is 761. The molecule has 2 N–H and O–H groups in total. The van der Waals surface area contributed by atoms with E-state index in [-0.39, 0.29) is 17.7 Å². The maximum Gasteiger partial charge on any atom is 0.408 e. The van der Waals surface area contributed by atoms with Gasteiger partial charge < -0.3 is 10.2 Å². The van der Waals surface area contributed by atoms with E-state index < -0.39 is 40.7 Å². The summed E-state index contributed by atoms with van der Waals surface area (Å²) in [6.45, 7) is 0. The molecule has 0 aliphatic heterocycles. The van der Waals surface area contributed by atoms with Crippen molar-refractivity contribution < 1.29 is 46.1 Å². The normalized spacial score (nSPS) is 18.9. The van der Waals surface area contributed by atoms with Crippen molar-refractivity contribution in [2.24, 2.45) is 10.8 Å². The number of benzene rings is 1. The van der Waals surface area contributed by atoms with Gasteiger partial charge in [-0.1, -0.05) is 48.6 Å². The third-order valence-corrected chi connectivity index (χ3v) is 4.18. The molecule has 0 unspecified atom stereocenters. The van der Waals surface area contributed by atoms with Gasteiger partial charge in [-0.25, -0.2) is 0 Å². The van der Waals surface area contributed by atoms with E-state index in [0.717, 1.165) is 0 Å². The van der Waals surface area contributed by atoms with Crippen molar-refractivity contribution >= 4 is 17.5 Å². The minimum atomic E-state index is -6.26. The highest BCUT2D eigenvalue weighted by Gasteiger charge is 2.83. The Balaban J connectivity index is 2.96. The molecule has 1 aromatic carbocycles. The number of carboxylic acids is 2. The number of allylic oxidation sites excluding steroid dienone is 3. The van der Waals surface area contributed by atoms with Gasteiger partial charge in [0.2, 0.25) is 10.8 Å². The molecule has 2 rings (SSSR count). The molecule has 10 heteroatoms. The zero-order chi connectivity index (χ0) is 20.0. The molecule has 4 nitrogen and oxygen atoms in total. The molecule has 0 saturated heterocycles. The first kappa shape index (κ1) is 19.5. The van der Waals surface area contributed by atoms with Gasteiger partial charge >= 0.3 is 24.3 Å². The Morgan fingerprint density at radius 3 is 1.69 bits per heavy atom. The molecule has 0 aromatic heterocycles. The van der Waals surface area contributed by atoms with Crippen LogP contribution >= 0.6 is 0 Å². The number of aliphatic carboxylic acids is 2. The standard InChI is InChI=1S/C16H10F6O4/c17-15(18,19)14(16(20,21)22)8-10(9-4-2-1-3-5-9)6-7-13(14,11(23)24)12(25)26/h1-8H,(H,23,24)(H,25,26). The lowest BCUT2D eigenvalue weighted by atomic mass is 9.58. The predicted molar refractivity (Wildman–Crippen MR) is 75.8 cm³/mol. The van der Waals surface area contributed by atoms with Crippen molar-refractivity contribution in [1.82, 2.24) is 0 Å². The number of halogens is 6. The minimum Gasteiger partial charge on any atom is -0.480 e. The summed E-state index contributed by atoms with van der Waals surface area (Å²) in [4.78, 5) is 22.8. The second-order valence-corrected chi connectivity index (χ2v) is 5.52. The maximum atomic E-state index is 13.7. The molecule has 0 heterocycles. The minimum absolute atomic E-state index is 0.0639. The Labute approximate surface area is 142 Å². The van der Waals surface area contributed by atoms with Crippen molar-refractivity contribution in [2.45, 2.75) is 12.4 Å². The maximum absolute atomic E-state index is 13.7. The van der Waals surface area contributed by atoms with Crippen LogP contribution in [0, 0.1) is 10.8 Å². The molecule has 1 aliphatic rings. The van der Waals surface area contributed by atoms with Crippen LogP contribution < -0.4 is 0 Å². The summed E-state index contributed by atoms with van der Waals surface area (Å²) >= 11 is 0. The Hall–Kier alpha value is -2.78. The molecule has 0 amide bonds. The number of rotatable bonds is 3. The molecule has 1 aromatic rings. The Morgan fingerprint density at radius 1 is 0.846 bits per heavy atom. The Morgan fingerprint density at radius 2 is 1.31 bits per heavy atom. The first-order valence-electron chi connectivity index (χ1n) is 6.89. The SMILES string of the molecule is O=C(O)C1(C(=O)O)C=CC(c2ccccc2)=CC1(C(F)(F)F)C(F)(F)F. The van der Waals surface area contributed by atoms with Crippen LogP contribution in [-0.4, -0.2) is 34.5 Å². The van der Waals surface area contributed by atoms with Crippen molar-refractivity contribution in [3.05, 3.63) is 54.1 Å². The van der Waals surface area contributed by atoms with Gasteiger partial charge in [0.15, 0.2) is 0 Å². The second kappa shape index (κ2) is 5.89. The average Bonchev–Trinajstić information content (AvgIpc) is 2.52. The predicted octanol–water partition coefficient (Wildman–Crippen LogP) is 3.91. The molecule has 0 atom stereocenters. The van der Waals surface area contributed by atoms with Crippen LogP contribution in [0.1, 0.15) is 5.56 Å². The van der Waals surface area contributed by atoms with Crippen molar-refractivity contribution in [2.75, 3.05) is 0 Å². The summed E-state index contributed by atoms with van der Waals surface area (Å²) in [6, 6.07) is 6.59. The van der Waals surface area contributed by atoms with Gasteiger partial charge in [0, 0.05) is 0 Å². The average molecular weight is 380 g/mol. The van der Waals surface area contributed by atoms with Crippen LogP contribution in [0.25, 0.3) is 5.57 Å². The second-order valence-electron chi connectivity index (χ2n) is 5.52. The van der Waals surface area contributed by atoms with Crippen LogP contribution in [0.3, 0.4) is 0 Å². The molecular formula is C16H10F6O4. The van der Waals surface area contributed by atoms with Crippen molar-refractivity contribution in [1.29, 1.82) is 0 Å². The molecule has 0 bridgehead atoms. The molecule has 26 heavy (non-hydrogen) atoms. The first-order valence-corrected chi connectivity index (χ1v) is 6.89. The summed E-state index contributed by atoms with van der Waals surface area (Å²) in [6.07, 6.45) is -12.3. The van der Waals surface area contributed by atoms with E-state index in [0.29, 0.717) is 6.08 Å². The van der Waals surface area contributed by atoms with Gasteiger partial charge in [-0.05, 0) is 11.1 Å². The fourth-order valence-electron chi connectivity index (χ4n) is 2.89. The zero-order valence-electron chi connectivity index (χ0n) is 12.6. The molecular weight excluding hydrogens is 370 g/mol. The summed E-state index contributed by atoms with van der Waals surface area (Å²) in [5, 5.41) is 18.2. The lowest BCUT2D eigenvalue weighted by molar-refractivity contribution is -0.345. The third kappa shape index (κ3) is 2.47. The first-order chi connectivity index (χ1) is 11.8. The monoisotopic (exact) mass is 380 g/mol. The lowest BCUT2D eigenvalue weighted by Gasteiger charge is -2.45. The third-order valence-electron chi connectivity index (χ3n) is 4.18. The molecule has 1 aliphatic carbocycles. The summed E-state index contributed by atoms with van der Waals surface area (Å²) in [7, 11) is 0. The van der Waals surface area contributed by atoms with Gasteiger partial charge in [0.25, 0.3) is 0 Å². The molecule has 0 saturated carbocycles. The van der Waals surface area contributed by atoms with Crippen LogP contribution in [0.5, 0.6) is 0 Å². The molecule has 0 spiro atoms. The number of carbonyl (C=O) groups is 2. The van der Waals surface area contributed by atoms with Crippen LogP contribution in [0.2, 0.25) is 0 Å². The molecule has 0 fully saturated rings. The fourth-order valence-corrected chi connectivity index (χ4v) is 2.89. The number of alkyl halides is 6. The van der Waals surface area contributed by atoms with E-state index in [1.165, 1.54) is 30.3 Å². The Kier molecular flexibility index (Phi) is 4.43. The van der Waals surface area contributed by atoms with Gasteiger partial charge in [-0.2, -0.15) is 26.3 Å². The summed E-state index contributed by atoms with van der Waals surface area (Å²) < 4.78 is 82.0. The van der Waals surface area contributed by atoms with Crippen molar-refractivity contribution in [3.63, 3.8) is 0 Å². The van der Waals surface area contributed by atoms with E-state index in [9.17, 15) is 35.9 Å². The highest BCUT2D eigenvalue weighted by atomic mass is 19.4. The fraction of sp³-hybridized carbons (Fsp3) is 0.250. The van der Waals surface area contributed by atoms with Gasteiger partial charge in [0.1, 0.15) is 0 Å². The number of hydrogen-bond donors (Lipinski definition) is 2. The number of hydrogen-bond acceptors (Lipinski definition) is 2. The van der Waals surface area contributed by atoms with Gasteiger partial charge in [0.05, 0.1) is 0 Å². The van der Waals surface area contributed by atoms with Crippen LogP contribution in [0.4, 0.5) is 26.3 Å². The van der Waals surface area contributed by atoms with E-state index in [1.54, 1.807) is 0 Å². The van der Waals surface area contributed by atoms with E-state index >= 15 is 0 Å². The molecule has 0 radical (unpaired) electrons. The van der Waals surface area contributed by atoms with Crippen LogP contribution in [-0.2, 0) is 9.59 Å². The highest BCUT2D eigenvalue weighted by molar-refractivity contribution is 6.04. The summed E-state index contributed by atoms with van der Waals surface area (Å²) in [5.74, 6) is -5.56. The quantitative estimate of drug-likeness (QED) is 0.616. The number of carboxylic acid groups (broad SMARTS) is 2. The summed E-state index contributed by atoms with van der Waals surface area (Å²) in [5.41, 5.74) is -10.1. The molecule has 140 valence electrons.